The molecule has 2 atom stereocenters. The van der Waals surface area contributed by atoms with Crippen molar-refractivity contribution in [1.82, 2.24) is 10.2 Å². The van der Waals surface area contributed by atoms with E-state index in [0.717, 1.165) is 12.0 Å². The highest BCUT2D eigenvalue weighted by atomic mass is 16.2. The first-order valence-corrected chi connectivity index (χ1v) is 10.0. The zero-order chi connectivity index (χ0) is 20.3. The molecule has 2 unspecified atom stereocenters. The molecule has 1 fully saturated rings. The van der Waals surface area contributed by atoms with Crippen LogP contribution in [0.4, 0.5) is 0 Å². The largest absolute Gasteiger partial charge is 0.348 e. The Bertz CT molecular complexity index is 822. The third-order valence-electron chi connectivity index (χ3n) is 5.47. The quantitative estimate of drug-likeness (QED) is 0.853. The minimum Gasteiger partial charge on any atom is -0.348 e. The standard InChI is InChI=1S/C24H30N2O2/c1-17(18-12-14-20(15-13-18)24(2,3)4)25-22(27)21-11-8-16-26(21)23(28)19-9-6-5-7-10-19/h5-7,9-10,12-15,17,21H,8,11,16H2,1-4H3,(H,25,27). The van der Waals surface area contributed by atoms with Crippen LogP contribution in [0.25, 0.3) is 0 Å². The fourth-order valence-corrected chi connectivity index (χ4v) is 3.69. The number of carbonyl (C=O) groups excluding carboxylic acids is 2. The van der Waals surface area contributed by atoms with E-state index in [4.69, 9.17) is 0 Å². The van der Waals surface area contributed by atoms with E-state index in [-0.39, 0.29) is 23.3 Å². The molecule has 3 rings (SSSR count). The van der Waals surface area contributed by atoms with E-state index < -0.39 is 6.04 Å². The second kappa shape index (κ2) is 8.17. The second-order valence-corrected chi connectivity index (χ2v) is 8.62. The lowest BCUT2D eigenvalue weighted by molar-refractivity contribution is -0.125. The van der Waals surface area contributed by atoms with Crippen molar-refractivity contribution in [2.75, 3.05) is 6.54 Å². The summed E-state index contributed by atoms with van der Waals surface area (Å²) in [5, 5.41) is 3.10. The number of hydrogen-bond acceptors (Lipinski definition) is 2. The Balaban J connectivity index is 1.67. The third-order valence-corrected chi connectivity index (χ3v) is 5.47. The van der Waals surface area contributed by atoms with Gasteiger partial charge in [0.05, 0.1) is 6.04 Å². The maximum absolute atomic E-state index is 12.9. The molecule has 0 spiro atoms. The number of nitrogens with zero attached hydrogens (tertiary/aromatic N) is 1. The van der Waals surface area contributed by atoms with Gasteiger partial charge in [0, 0.05) is 12.1 Å². The number of amides is 2. The Hall–Kier alpha value is -2.62. The first-order chi connectivity index (χ1) is 13.3. The summed E-state index contributed by atoms with van der Waals surface area (Å²) in [5.74, 6) is -0.144. The zero-order valence-corrected chi connectivity index (χ0v) is 17.2. The summed E-state index contributed by atoms with van der Waals surface area (Å²) in [5.41, 5.74) is 3.08. The molecular weight excluding hydrogens is 348 g/mol. The molecule has 1 saturated heterocycles. The van der Waals surface area contributed by atoms with Gasteiger partial charge in [-0.3, -0.25) is 9.59 Å². The molecule has 4 heteroatoms. The molecule has 0 aromatic heterocycles. The summed E-state index contributed by atoms with van der Waals surface area (Å²) in [7, 11) is 0. The van der Waals surface area contributed by atoms with Crippen molar-refractivity contribution in [3.63, 3.8) is 0 Å². The molecule has 1 aliphatic heterocycles. The summed E-state index contributed by atoms with van der Waals surface area (Å²) >= 11 is 0. The molecule has 28 heavy (non-hydrogen) atoms. The number of hydrogen-bond donors (Lipinski definition) is 1. The van der Waals surface area contributed by atoms with Crippen LogP contribution in [0.5, 0.6) is 0 Å². The summed E-state index contributed by atoms with van der Waals surface area (Å²) < 4.78 is 0. The van der Waals surface area contributed by atoms with Crippen molar-refractivity contribution in [2.45, 2.75) is 58.0 Å². The summed E-state index contributed by atoms with van der Waals surface area (Å²) in [6.07, 6.45) is 1.56. The molecule has 0 bridgehead atoms. The fraction of sp³-hybridized carbons (Fsp3) is 0.417. The van der Waals surface area contributed by atoms with E-state index in [1.165, 1.54) is 5.56 Å². The second-order valence-electron chi connectivity index (χ2n) is 8.62. The lowest BCUT2D eigenvalue weighted by atomic mass is 9.86. The van der Waals surface area contributed by atoms with Gasteiger partial charge in [-0.25, -0.2) is 0 Å². The SMILES string of the molecule is CC(NC(=O)C1CCCN1C(=O)c1ccccc1)c1ccc(C(C)(C)C)cc1. The Morgan fingerprint density at radius 3 is 2.29 bits per heavy atom. The van der Waals surface area contributed by atoms with Crippen LogP contribution in [0.3, 0.4) is 0 Å². The Morgan fingerprint density at radius 1 is 1.04 bits per heavy atom. The molecule has 0 radical (unpaired) electrons. The van der Waals surface area contributed by atoms with Crippen LogP contribution in [0.15, 0.2) is 54.6 Å². The average Bonchev–Trinajstić information content (AvgIpc) is 3.17. The van der Waals surface area contributed by atoms with Gasteiger partial charge in [0.25, 0.3) is 5.91 Å². The lowest BCUT2D eigenvalue weighted by Crippen LogP contribution is -2.46. The average molecular weight is 379 g/mol. The number of likely N-dealkylation sites (tertiary alicyclic amines) is 1. The van der Waals surface area contributed by atoms with Gasteiger partial charge >= 0.3 is 0 Å². The number of carbonyl (C=O) groups is 2. The molecule has 0 saturated carbocycles. The van der Waals surface area contributed by atoms with Gasteiger partial charge in [0.2, 0.25) is 5.91 Å². The maximum atomic E-state index is 12.9. The van der Waals surface area contributed by atoms with Crippen LogP contribution in [-0.2, 0) is 10.2 Å². The predicted molar refractivity (Wildman–Crippen MR) is 112 cm³/mol. The molecule has 2 amide bonds. The molecule has 1 N–H and O–H groups in total. The van der Waals surface area contributed by atoms with Crippen LogP contribution in [0.1, 0.15) is 68.1 Å². The normalized spacial score (nSPS) is 18.0. The summed E-state index contributed by atoms with van der Waals surface area (Å²) in [6, 6.07) is 17.1. The van der Waals surface area contributed by atoms with Crippen molar-refractivity contribution in [3.8, 4) is 0 Å². The van der Waals surface area contributed by atoms with E-state index in [1.807, 2.05) is 25.1 Å². The van der Waals surface area contributed by atoms with Crippen LogP contribution < -0.4 is 5.32 Å². The van der Waals surface area contributed by atoms with E-state index >= 15 is 0 Å². The molecule has 0 aliphatic carbocycles. The molecule has 148 valence electrons. The van der Waals surface area contributed by atoms with E-state index in [9.17, 15) is 9.59 Å². The predicted octanol–water partition coefficient (Wildman–Crippen LogP) is 4.47. The lowest BCUT2D eigenvalue weighted by Gasteiger charge is -2.26. The first kappa shape index (κ1) is 20.1. The molecule has 1 heterocycles. The fourth-order valence-electron chi connectivity index (χ4n) is 3.69. The summed E-state index contributed by atoms with van der Waals surface area (Å²) in [4.78, 5) is 27.4. The first-order valence-electron chi connectivity index (χ1n) is 10.0. The topological polar surface area (TPSA) is 49.4 Å². The smallest absolute Gasteiger partial charge is 0.254 e. The summed E-state index contributed by atoms with van der Waals surface area (Å²) in [6.45, 7) is 9.17. The highest BCUT2D eigenvalue weighted by Crippen LogP contribution is 2.25. The van der Waals surface area contributed by atoms with Gasteiger partial charge in [-0.05, 0) is 48.4 Å². The van der Waals surface area contributed by atoms with Gasteiger partial charge < -0.3 is 10.2 Å². The number of benzene rings is 2. The van der Waals surface area contributed by atoms with Gasteiger partial charge in [0.1, 0.15) is 6.04 Å². The highest BCUT2D eigenvalue weighted by Gasteiger charge is 2.35. The molecule has 2 aromatic rings. The van der Waals surface area contributed by atoms with Crippen molar-refractivity contribution < 1.29 is 9.59 Å². The van der Waals surface area contributed by atoms with E-state index in [0.29, 0.717) is 18.5 Å². The minimum absolute atomic E-state index is 0.0690. The van der Waals surface area contributed by atoms with Crippen molar-refractivity contribution in [3.05, 3.63) is 71.3 Å². The van der Waals surface area contributed by atoms with Gasteiger partial charge in [0.15, 0.2) is 0 Å². The maximum Gasteiger partial charge on any atom is 0.254 e. The Kier molecular flexibility index (Phi) is 5.87. The molecular formula is C24H30N2O2. The molecule has 1 aliphatic rings. The van der Waals surface area contributed by atoms with Crippen molar-refractivity contribution in [1.29, 1.82) is 0 Å². The highest BCUT2D eigenvalue weighted by molar-refractivity contribution is 5.98. The van der Waals surface area contributed by atoms with Crippen LogP contribution in [-0.4, -0.2) is 29.3 Å². The van der Waals surface area contributed by atoms with Crippen molar-refractivity contribution in [2.24, 2.45) is 0 Å². The zero-order valence-electron chi connectivity index (χ0n) is 17.2. The Labute approximate surface area is 167 Å². The number of rotatable bonds is 4. The van der Waals surface area contributed by atoms with Crippen LogP contribution in [0.2, 0.25) is 0 Å². The van der Waals surface area contributed by atoms with Gasteiger partial charge in [-0.15, -0.1) is 0 Å². The Morgan fingerprint density at radius 2 is 1.68 bits per heavy atom. The van der Waals surface area contributed by atoms with E-state index in [1.54, 1.807) is 17.0 Å². The van der Waals surface area contributed by atoms with E-state index in [2.05, 4.69) is 50.4 Å². The monoisotopic (exact) mass is 378 g/mol. The van der Waals surface area contributed by atoms with Crippen molar-refractivity contribution >= 4 is 11.8 Å². The minimum atomic E-state index is -0.399. The van der Waals surface area contributed by atoms with Crippen LogP contribution in [0, 0.1) is 0 Å². The number of nitrogens with one attached hydrogen (secondary N) is 1. The van der Waals surface area contributed by atoms with Gasteiger partial charge in [-0.1, -0.05) is 63.2 Å². The third kappa shape index (κ3) is 4.44. The molecule has 4 nitrogen and oxygen atoms in total. The van der Waals surface area contributed by atoms with Crippen LogP contribution >= 0.6 is 0 Å². The van der Waals surface area contributed by atoms with Gasteiger partial charge in [-0.2, -0.15) is 0 Å². The molecule has 2 aromatic carbocycles.